The summed E-state index contributed by atoms with van der Waals surface area (Å²) >= 11 is 0. The lowest BCUT2D eigenvalue weighted by Gasteiger charge is -2.02. The molecule has 0 unspecified atom stereocenters. The van der Waals surface area contributed by atoms with Crippen LogP contribution in [0.1, 0.15) is 11.1 Å². The van der Waals surface area contributed by atoms with Crippen molar-refractivity contribution in [3.8, 4) is 0 Å². The van der Waals surface area contributed by atoms with Gasteiger partial charge in [-0.25, -0.2) is 8.78 Å². The molecular formula is C11H11F2N3. The van der Waals surface area contributed by atoms with Crippen LogP contribution >= 0.6 is 0 Å². The predicted molar refractivity (Wildman–Crippen MR) is 55.6 cm³/mol. The molecule has 84 valence electrons. The van der Waals surface area contributed by atoms with Crippen molar-refractivity contribution in [2.75, 3.05) is 0 Å². The Morgan fingerprint density at radius 2 is 2.00 bits per heavy atom. The maximum absolute atomic E-state index is 12.9. The smallest absolute Gasteiger partial charge is 0.159 e. The molecule has 1 aromatic heterocycles. The third-order valence-corrected chi connectivity index (χ3v) is 2.25. The fraction of sp³-hybridized carbons (Fsp3) is 0.182. The Kier molecular flexibility index (Phi) is 2.96. The van der Waals surface area contributed by atoms with Gasteiger partial charge < -0.3 is 5.73 Å². The molecule has 0 saturated heterocycles. The molecule has 0 atom stereocenters. The number of nitrogens with two attached hydrogens (primary N) is 1. The van der Waals surface area contributed by atoms with Crippen molar-refractivity contribution in [2.45, 2.75) is 13.1 Å². The van der Waals surface area contributed by atoms with Crippen LogP contribution in [0.25, 0.3) is 0 Å². The molecular weight excluding hydrogens is 212 g/mol. The zero-order valence-corrected chi connectivity index (χ0v) is 8.53. The van der Waals surface area contributed by atoms with Crippen LogP contribution in [0, 0.1) is 11.6 Å². The van der Waals surface area contributed by atoms with E-state index >= 15 is 0 Å². The molecule has 0 bridgehead atoms. The van der Waals surface area contributed by atoms with Gasteiger partial charge in [0.2, 0.25) is 0 Å². The summed E-state index contributed by atoms with van der Waals surface area (Å²) in [6.07, 6.45) is 3.43. The number of hydrogen-bond acceptors (Lipinski definition) is 2. The molecule has 5 heteroatoms. The molecule has 0 amide bonds. The minimum atomic E-state index is -0.844. The molecule has 0 saturated carbocycles. The molecule has 1 heterocycles. The van der Waals surface area contributed by atoms with E-state index in [-0.39, 0.29) is 0 Å². The van der Waals surface area contributed by atoms with E-state index in [1.807, 2.05) is 0 Å². The average molecular weight is 223 g/mol. The van der Waals surface area contributed by atoms with Gasteiger partial charge in [0, 0.05) is 18.3 Å². The second-order valence-electron chi connectivity index (χ2n) is 3.50. The Bertz CT molecular complexity index is 494. The van der Waals surface area contributed by atoms with Crippen LogP contribution in [-0.4, -0.2) is 9.78 Å². The summed E-state index contributed by atoms with van der Waals surface area (Å²) in [5.41, 5.74) is 7.00. The van der Waals surface area contributed by atoms with Crippen LogP contribution in [0.5, 0.6) is 0 Å². The van der Waals surface area contributed by atoms with Gasteiger partial charge in [-0.1, -0.05) is 6.07 Å². The highest BCUT2D eigenvalue weighted by Gasteiger charge is 2.03. The van der Waals surface area contributed by atoms with Crippen molar-refractivity contribution in [1.82, 2.24) is 9.78 Å². The first-order chi connectivity index (χ1) is 7.69. The fourth-order valence-corrected chi connectivity index (χ4v) is 1.42. The summed E-state index contributed by atoms with van der Waals surface area (Å²) in [6.45, 7) is 0.814. The molecule has 0 fully saturated rings. The van der Waals surface area contributed by atoms with Crippen LogP contribution < -0.4 is 5.73 Å². The monoisotopic (exact) mass is 223 g/mol. The van der Waals surface area contributed by atoms with Crippen molar-refractivity contribution in [3.63, 3.8) is 0 Å². The Labute approximate surface area is 91.5 Å². The molecule has 2 rings (SSSR count). The summed E-state index contributed by atoms with van der Waals surface area (Å²) in [6, 6.07) is 3.80. The van der Waals surface area contributed by atoms with Gasteiger partial charge in [-0.3, -0.25) is 4.68 Å². The molecule has 0 aliphatic heterocycles. The minimum Gasteiger partial charge on any atom is -0.326 e. The molecule has 0 aliphatic rings. The number of halogens is 2. The second-order valence-corrected chi connectivity index (χ2v) is 3.50. The van der Waals surface area contributed by atoms with E-state index in [4.69, 9.17) is 5.73 Å². The van der Waals surface area contributed by atoms with E-state index in [1.165, 1.54) is 12.1 Å². The van der Waals surface area contributed by atoms with E-state index in [2.05, 4.69) is 5.10 Å². The lowest BCUT2D eigenvalue weighted by atomic mass is 10.2. The summed E-state index contributed by atoms with van der Waals surface area (Å²) in [5, 5.41) is 4.05. The van der Waals surface area contributed by atoms with Crippen LogP contribution in [0.15, 0.2) is 30.6 Å². The van der Waals surface area contributed by atoms with Crippen LogP contribution in [0.3, 0.4) is 0 Å². The van der Waals surface area contributed by atoms with Crippen LogP contribution in [-0.2, 0) is 13.1 Å². The van der Waals surface area contributed by atoms with Crippen LogP contribution in [0.2, 0.25) is 0 Å². The van der Waals surface area contributed by atoms with Crippen molar-refractivity contribution < 1.29 is 8.78 Å². The average Bonchev–Trinajstić information content (AvgIpc) is 2.71. The quantitative estimate of drug-likeness (QED) is 0.860. The minimum absolute atomic E-state index is 0.400. The van der Waals surface area contributed by atoms with Gasteiger partial charge in [0.05, 0.1) is 12.7 Å². The molecule has 1 aromatic carbocycles. The highest BCUT2D eigenvalue weighted by molar-refractivity contribution is 5.18. The summed E-state index contributed by atoms with van der Waals surface area (Å²) in [7, 11) is 0. The summed E-state index contributed by atoms with van der Waals surface area (Å²) in [4.78, 5) is 0. The highest BCUT2D eigenvalue weighted by Crippen LogP contribution is 2.10. The second kappa shape index (κ2) is 4.40. The van der Waals surface area contributed by atoms with Crippen molar-refractivity contribution in [1.29, 1.82) is 0 Å². The fourth-order valence-electron chi connectivity index (χ4n) is 1.42. The molecule has 16 heavy (non-hydrogen) atoms. The van der Waals surface area contributed by atoms with E-state index in [9.17, 15) is 8.78 Å². The third-order valence-electron chi connectivity index (χ3n) is 2.25. The van der Waals surface area contributed by atoms with Gasteiger partial charge in [-0.15, -0.1) is 0 Å². The van der Waals surface area contributed by atoms with E-state index in [0.29, 0.717) is 18.7 Å². The standard InChI is InChI=1S/C11H11F2N3/c12-10-2-1-8(3-11(10)13)6-16-7-9(4-14)5-15-16/h1-3,5,7H,4,6,14H2. The van der Waals surface area contributed by atoms with Gasteiger partial charge in [0.15, 0.2) is 11.6 Å². The normalized spacial score (nSPS) is 10.7. The molecule has 2 N–H and O–H groups in total. The molecule has 3 nitrogen and oxygen atoms in total. The molecule has 2 aromatic rings. The number of rotatable bonds is 3. The zero-order chi connectivity index (χ0) is 11.5. The van der Waals surface area contributed by atoms with Gasteiger partial charge in [-0.2, -0.15) is 5.10 Å². The molecule has 0 spiro atoms. The Morgan fingerprint density at radius 1 is 1.19 bits per heavy atom. The third kappa shape index (κ3) is 2.25. The topological polar surface area (TPSA) is 43.8 Å². The summed E-state index contributed by atoms with van der Waals surface area (Å²) < 4.78 is 27.2. The van der Waals surface area contributed by atoms with Gasteiger partial charge >= 0.3 is 0 Å². The van der Waals surface area contributed by atoms with Gasteiger partial charge in [-0.05, 0) is 17.7 Å². The number of nitrogens with zero attached hydrogens (tertiary/aromatic N) is 2. The molecule has 0 aliphatic carbocycles. The van der Waals surface area contributed by atoms with E-state index in [0.717, 1.165) is 11.6 Å². The van der Waals surface area contributed by atoms with E-state index in [1.54, 1.807) is 17.1 Å². The van der Waals surface area contributed by atoms with Crippen molar-refractivity contribution >= 4 is 0 Å². The van der Waals surface area contributed by atoms with Crippen molar-refractivity contribution in [2.24, 2.45) is 5.73 Å². The maximum Gasteiger partial charge on any atom is 0.159 e. The van der Waals surface area contributed by atoms with Crippen LogP contribution in [0.4, 0.5) is 8.78 Å². The molecule has 0 radical (unpaired) electrons. The van der Waals surface area contributed by atoms with Gasteiger partial charge in [0.1, 0.15) is 0 Å². The maximum atomic E-state index is 12.9. The summed E-state index contributed by atoms with van der Waals surface area (Å²) in [5.74, 6) is -1.68. The first-order valence-corrected chi connectivity index (χ1v) is 4.84. The Balaban J connectivity index is 2.17. The zero-order valence-electron chi connectivity index (χ0n) is 8.53. The Morgan fingerprint density at radius 3 is 2.62 bits per heavy atom. The SMILES string of the molecule is NCc1cnn(Cc2ccc(F)c(F)c2)c1. The highest BCUT2D eigenvalue weighted by atomic mass is 19.2. The van der Waals surface area contributed by atoms with Crippen molar-refractivity contribution in [3.05, 3.63) is 53.4 Å². The van der Waals surface area contributed by atoms with E-state index < -0.39 is 11.6 Å². The Hall–Kier alpha value is -1.75. The first kappa shape index (κ1) is 10.8. The lowest BCUT2D eigenvalue weighted by molar-refractivity contribution is 0.506. The van der Waals surface area contributed by atoms with Gasteiger partial charge in [0.25, 0.3) is 0 Å². The number of aromatic nitrogens is 2. The first-order valence-electron chi connectivity index (χ1n) is 4.84. The number of benzene rings is 1. The number of hydrogen-bond donors (Lipinski definition) is 1. The lowest BCUT2D eigenvalue weighted by Crippen LogP contribution is -2.01. The largest absolute Gasteiger partial charge is 0.326 e. The predicted octanol–water partition coefficient (Wildman–Crippen LogP) is 1.67.